The smallest absolute Gasteiger partial charge is 0.0195 e. The predicted molar refractivity (Wildman–Crippen MR) is 58.6 cm³/mol. The largest absolute Gasteiger partial charge is 0.314 e. The molecule has 2 nitrogen and oxygen atoms in total. The number of rotatable bonds is 2. The number of nitrogens with one attached hydrogen (secondary N) is 2. The van der Waals surface area contributed by atoms with E-state index in [1.165, 1.54) is 6.42 Å². The quantitative estimate of drug-likeness (QED) is 0.728. The van der Waals surface area contributed by atoms with Crippen LogP contribution in [0.1, 0.15) is 20.3 Å². The van der Waals surface area contributed by atoms with Crippen LogP contribution in [0.15, 0.2) is 0 Å². The van der Waals surface area contributed by atoms with Gasteiger partial charge in [0.05, 0.1) is 0 Å². The van der Waals surface area contributed by atoms with Crippen molar-refractivity contribution in [2.45, 2.75) is 26.3 Å². The van der Waals surface area contributed by atoms with Gasteiger partial charge in [0.1, 0.15) is 0 Å². The molecule has 1 aliphatic rings. The molecule has 1 fully saturated rings. The van der Waals surface area contributed by atoms with Crippen molar-refractivity contribution in [2.75, 3.05) is 19.6 Å². The van der Waals surface area contributed by atoms with Gasteiger partial charge in [0.25, 0.3) is 0 Å². The third-order valence-electron chi connectivity index (χ3n) is 1.88. The Kier molecular flexibility index (Phi) is 10.1. The van der Waals surface area contributed by atoms with E-state index in [2.05, 4.69) is 24.5 Å². The van der Waals surface area contributed by atoms with E-state index < -0.39 is 0 Å². The molecule has 0 spiro atoms. The molecule has 0 aromatic carbocycles. The van der Waals surface area contributed by atoms with Crippen molar-refractivity contribution in [3.05, 3.63) is 0 Å². The first-order chi connectivity index (χ1) is 4.79. The highest BCUT2D eigenvalue weighted by atomic mass is 35.5. The first kappa shape index (κ1) is 15.0. The Hall–Kier alpha value is 0.500. The minimum Gasteiger partial charge on any atom is -0.314 e. The monoisotopic (exact) mass is 214 g/mol. The zero-order valence-electron chi connectivity index (χ0n) is 7.80. The summed E-state index contributed by atoms with van der Waals surface area (Å²) in [5, 5.41) is 6.87. The van der Waals surface area contributed by atoms with Crippen LogP contribution in [0.5, 0.6) is 0 Å². The van der Waals surface area contributed by atoms with Crippen LogP contribution in [0.3, 0.4) is 0 Å². The predicted octanol–water partition coefficient (Wildman–Crippen LogP) is 1.44. The molecule has 1 aliphatic heterocycles. The molecule has 1 saturated heterocycles. The number of halogens is 2. The maximum Gasteiger partial charge on any atom is 0.0195 e. The van der Waals surface area contributed by atoms with Gasteiger partial charge in [-0.05, 0) is 12.3 Å². The van der Waals surface area contributed by atoms with Crippen molar-refractivity contribution in [3.63, 3.8) is 0 Å². The van der Waals surface area contributed by atoms with E-state index in [-0.39, 0.29) is 24.8 Å². The third kappa shape index (κ3) is 6.06. The lowest BCUT2D eigenvalue weighted by Gasteiger charge is -2.25. The Labute approximate surface area is 87.7 Å². The molecule has 2 N–H and O–H groups in total. The Morgan fingerprint density at radius 3 is 2.33 bits per heavy atom. The fourth-order valence-corrected chi connectivity index (χ4v) is 1.45. The van der Waals surface area contributed by atoms with E-state index in [9.17, 15) is 0 Å². The summed E-state index contributed by atoms with van der Waals surface area (Å²) in [7, 11) is 0. The number of hydrogen-bond donors (Lipinski definition) is 2. The standard InChI is InChI=1S/C8H18N2.2ClH/c1-7(2)5-8-6-9-3-4-10-8;;/h7-10H,3-6H2,1-2H3;2*1H. The van der Waals surface area contributed by atoms with Crippen molar-refractivity contribution < 1.29 is 0 Å². The molecule has 4 heteroatoms. The average Bonchev–Trinajstić information content (AvgIpc) is 1.88. The zero-order chi connectivity index (χ0) is 7.40. The molecule has 1 rings (SSSR count). The summed E-state index contributed by atoms with van der Waals surface area (Å²) in [5.74, 6) is 0.817. The molecular weight excluding hydrogens is 195 g/mol. The van der Waals surface area contributed by atoms with Gasteiger partial charge in [0.2, 0.25) is 0 Å². The highest BCUT2D eigenvalue weighted by molar-refractivity contribution is 5.85. The Morgan fingerprint density at radius 1 is 1.25 bits per heavy atom. The van der Waals surface area contributed by atoms with Crippen molar-refractivity contribution in [1.29, 1.82) is 0 Å². The van der Waals surface area contributed by atoms with Crippen LogP contribution >= 0.6 is 24.8 Å². The fraction of sp³-hybridized carbons (Fsp3) is 1.00. The topological polar surface area (TPSA) is 24.1 Å². The van der Waals surface area contributed by atoms with Crippen LogP contribution in [-0.4, -0.2) is 25.7 Å². The Morgan fingerprint density at radius 2 is 1.92 bits per heavy atom. The second-order valence-corrected chi connectivity index (χ2v) is 3.48. The summed E-state index contributed by atoms with van der Waals surface area (Å²) in [4.78, 5) is 0. The van der Waals surface area contributed by atoms with Gasteiger partial charge in [0, 0.05) is 25.7 Å². The van der Waals surface area contributed by atoms with Crippen LogP contribution in [0.2, 0.25) is 0 Å². The summed E-state index contributed by atoms with van der Waals surface area (Å²) in [6, 6.07) is 0.716. The Balaban J connectivity index is 0. The van der Waals surface area contributed by atoms with Gasteiger partial charge in [-0.2, -0.15) is 0 Å². The van der Waals surface area contributed by atoms with Crippen molar-refractivity contribution in [2.24, 2.45) is 5.92 Å². The zero-order valence-corrected chi connectivity index (χ0v) is 9.43. The maximum absolute atomic E-state index is 3.49. The molecule has 0 saturated carbocycles. The summed E-state index contributed by atoms with van der Waals surface area (Å²) in [6.07, 6.45) is 1.30. The van der Waals surface area contributed by atoms with E-state index in [1.807, 2.05) is 0 Å². The molecule has 0 amide bonds. The summed E-state index contributed by atoms with van der Waals surface area (Å²) >= 11 is 0. The first-order valence-electron chi connectivity index (χ1n) is 4.23. The normalized spacial score (nSPS) is 22.8. The van der Waals surface area contributed by atoms with Crippen LogP contribution in [0, 0.1) is 5.92 Å². The maximum atomic E-state index is 3.49. The summed E-state index contributed by atoms with van der Waals surface area (Å²) < 4.78 is 0. The summed E-state index contributed by atoms with van der Waals surface area (Å²) in [5.41, 5.74) is 0. The van der Waals surface area contributed by atoms with E-state index >= 15 is 0 Å². The molecular formula is C8H20Cl2N2. The van der Waals surface area contributed by atoms with Gasteiger partial charge >= 0.3 is 0 Å². The van der Waals surface area contributed by atoms with Gasteiger partial charge in [-0.3, -0.25) is 0 Å². The molecule has 0 bridgehead atoms. The molecule has 1 unspecified atom stereocenters. The minimum atomic E-state index is 0. The van der Waals surface area contributed by atoms with Gasteiger partial charge in [-0.25, -0.2) is 0 Å². The molecule has 0 radical (unpaired) electrons. The van der Waals surface area contributed by atoms with Crippen LogP contribution < -0.4 is 10.6 Å². The molecule has 0 aromatic heterocycles. The van der Waals surface area contributed by atoms with Gasteiger partial charge in [-0.1, -0.05) is 13.8 Å². The molecule has 76 valence electrons. The second-order valence-electron chi connectivity index (χ2n) is 3.48. The Bertz CT molecular complexity index is 93.1. The van der Waals surface area contributed by atoms with Gasteiger partial charge < -0.3 is 10.6 Å². The first-order valence-corrected chi connectivity index (χ1v) is 4.23. The fourth-order valence-electron chi connectivity index (χ4n) is 1.45. The number of piperazine rings is 1. The molecule has 12 heavy (non-hydrogen) atoms. The lowest BCUT2D eigenvalue weighted by Crippen LogP contribution is -2.48. The molecule has 1 atom stereocenters. The van der Waals surface area contributed by atoms with Gasteiger partial charge in [0.15, 0.2) is 0 Å². The van der Waals surface area contributed by atoms with Crippen molar-refractivity contribution in [3.8, 4) is 0 Å². The average molecular weight is 215 g/mol. The van der Waals surface area contributed by atoms with Crippen molar-refractivity contribution >= 4 is 24.8 Å². The van der Waals surface area contributed by atoms with Crippen LogP contribution in [-0.2, 0) is 0 Å². The molecule has 0 aliphatic carbocycles. The number of hydrogen-bond acceptors (Lipinski definition) is 2. The van der Waals surface area contributed by atoms with Crippen LogP contribution in [0.4, 0.5) is 0 Å². The lowest BCUT2D eigenvalue weighted by atomic mass is 10.0. The molecule has 1 heterocycles. The minimum absolute atomic E-state index is 0. The van der Waals surface area contributed by atoms with E-state index in [4.69, 9.17) is 0 Å². The highest BCUT2D eigenvalue weighted by Gasteiger charge is 2.12. The lowest BCUT2D eigenvalue weighted by molar-refractivity contribution is 0.362. The second kappa shape index (κ2) is 8.11. The summed E-state index contributed by atoms with van der Waals surface area (Å²) in [6.45, 7) is 7.97. The van der Waals surface area contributed by atoms with Crippen LogP contribution in [0.25, 0.3) is 0 Å². The SMILES string of the molecule is CC(C)CC1CNCCN1.Cl.Cl. The van der Waals surface area contributed by atoms with Gasteiger partial charge in [-0.15, -0.1) is 24.8 Å². The third-order valence-corrected chi connectivity index (χ3v) is 1.88. The highest BCUT2D eigenvalue weighted by Crippen LogP contribution is 2.04. The van der Waals surface area contributed by atoms with E-state index in [0.29, 0.717) is 6.04 Å². The van der Waals surface area contributed by atoms with Crippen molar-refractivity contribution in [1.82, 2.24) is 10.6 Å². The molecule has 0 aromatic rings. The van der Waals surface area contributed by atoms with E-state index in [0.717, 1.165) is 25.6 Å². The van der Waals surface area contributed by atoms with E-state index in [1.54, 1.807) is 0 Å².